The number of halogens is 2. The Morgan fingerprint density at radius 3 is 0.963 bits per heavy atom. The molecule has 168 valence electrons. The number of hydrogen-bond acceptors (Lipinski definition) is 4. The third kappa shape index (κ3) is 8.33. The third-order valence-electron chi connectivity index (χ3n) is 5.28. The number of nitrogens with zero attached hydrogens (tertiary/aromatic N) is 2. The first-order valence-electron chi connectivity index (χ1n) is 9.16. The summed E-state index contributed by atoms with van der Waals surface area (Å²) in [6, 6.07) is -0.0863. The molecule has 4 N–H and O–H groups in total. The van der Waals surface area contributed by atoms with Crippen molar-refractivity contribution in [3.8, 4) is 0 Å². The van der Waals surface area contributed by atoms with Crippen LogP contribution in [0.5, 0.6) is 0 Å². The van der Waals surface area contributed by atoms with E-state index in [1.54, 1.807) is 0 Å². The Labute approximate surface area is 181 Å². The molecule has 2 fully saturated rings. The monoisotopic (exact) mass is 518 g/mol. The Bertz CT molecular complexity index is 389. The minimum atomic E-state index is -0.256. The van der Waals surface area contributed by atoms with Crippen LogP contribution in [-0.4, -0.2) is 54.8 Å². The molecule has 2 saturated heterocycles. The molecule has 0 unspecified atom stereocenters. The molecule has 0 aromatic carbocycles. The van der Waals surface area contributed by atoms with Crippen molar-refractivity contribution in [2.75, 3.05) is 0 Å². The maximum absolute atomic E-state index is 9.83. The van der Waals surface area contributed by atoms with Crippen LogP contribution < -0.4 is 0 Å². The average Bonchev–Trinajstić information content (AvgIpc) is 2.42. The van der Waals surface area contributed by atoms with E-state index in [-0.39, 0.29) is 50.2 Å². The summed E-state index contributed by atoms with van der Waals surface area (Å²) in [6.45, 7) is 15.9. The standard InChI is InChI=1S/2C9H19N2O.2ClH.Pd/c2*1-8(2)5-7(10)6-9(3,4)11(8)12;;;/h2*7,10,12H,5-6H2,1-4H3;2*1H;/q2*-1;;;+2/p-2. The fraction of sp³-hybridized carbons (Fsp3) is 1.00. The van der Waals surface area contributed by atoms with Gasteiger partial charge in [-0.1, -0.05) is 0 Å². The summed E-state index contributed by atoms with van der Waals surface area (Å²) in [6.07, 6.45) is 2.97. The van der Waals surface area contributed by atoms with Gasteiger partial charge in [0.25, 0.3) is 0 Å². The molecule has 2 rings (SSSR count). The number of nitrogens with one attached hydrogen (secondary N) is 2. The van der Waals surface area contributed by atoms with E-state index in [4.69, 9.17) is 30.5 Å². The molecule has 0 atom stereocenters. The van der Waals surface area contributed by atoms with Crippen LogP contribution in [0.25, 0.3) is 11.5 Å². The van der Waals surface area contributed by atoms with Crippen LogP contribution in [0.4, 0.5) is 0 Å². The normalized spacial score (nSPS) is 27.9. The molecule has 0 radical (unpaired) electrons. The van der Waals surface area contributed by atoms with E-state index in [1.165, 1.54) is 10.1 Å². The fourth-order valence-electron chi connectivity index (χ4n) is 4.54. The number of piperidine rings is 2. The molecule has 0 aliphatic carbocycles. The molecule has 0 aromatic heterocycles. The third-order valence-corrected chi connectivity index (χ3v) is 5.28. The van der Waals surface area contributed by atoms with Crippen molar-refractivity contribution in [1.82, 2.24) is 10.1 Å². The average molecular weight is 520 g/mol. The van der Waals surface area contributed by atoms with Gasteiger partial charge in [0, 0.05) is 22.2 Å². The molecular weight excluding hydrogens is 482 g/mol. The molecule has 0 amide bonds. The first-order valence-corrected chi connectivity index (χ1v) is 13.2. The number of hydroxylamine groups is 4. The van der Waals surface area contributed by atoms with Gasteiger partial charge >= 0.3 is 35.0 Å². The Morgan fingerprint density at radius 2 is 0.815 bits per heavy atom. The molecule has 2 aliphatic rings. The van der Waals surface area contributed by atoms with Gasteiger partial charge in [0.15, 0.2) is 0 Å². The summed E-state index contributed by atoms with van der Waals surface area (Å²) < 4.78 is 0. The molecular formula is C18H38Cl2N4O2Pd-2. The molecule has 2 heterocycles. The van der Waals surface area contributed by atoms with E-state index >= 15 is 0 Å². The van der Waals surface area contributed by atoms with Gasteiger partial charge in [0.2, 0.25) is 0 Å². The van der Waals surface area contributed by atoms with Gasteiger partial charge in [-0.25, -0.2) is 0 Å². The van der Waals surface area contributed by atoms with E-state index < -0.39 is 0 Å². The molecule has 9 heteroatoms. The first kappa shape index (κ1) is 28.0. The first-order chi connectivity index (χ1) is 11.9. The van der Waals surface area contributed by atoms with Gasteiger partial charge in [-0.15, -0.1) is 12.1 Å². The summed E-state index contributed by atoms with van der Waals surface area (Å²) in [5, 5.41) is 22.5. The van der Waals surface area contributed by atoms with Gasteiger partial charge in [-0.05, 0) is 81.1 Å². The summed E-state index contributed by atoms with van der Waals surface area (Å²) >= 11 is -0.106. The zero-order valence-electron chi connectivity index (χ0n) is 17.8. The van der Waals surface area contributed by atoms with Crippen LogP contribution in [0.1, 0.15) is 81.1 Å². The van der Waals surface area contributed by atoms with Crippen LogP contribution in [0.2, 0.25) is 0 Å². The van der Waals surface area contributed by atoms with Crippen molar-refractivity contribution in [1.29, 1.82) is 0 Å². The van der Waals surface area contributed by atoms with Crippen LogP contribution in [0.15, 0.2) is 0 Å². The fourth-order valence-corrected chi connectivity index (χ4v) is 4.54. The SMILES string of the molecule is CC1(C)CC([NH-])CC(C)(C)N1O.CC1(C)CC([NH-])CC(C)(C)N1O.[Cl][Pd][Cl]. The van der Waals surface area contributed by atoms with Crippen molar-refractivity contribution in [2.24, 2.45) is 0 Å². The van der Waals surface area contributed by atoms with Crippen LogP contribution in [0, 0.1) is 0 Å². The van der Waals surface area contributed by atoms with E-state index in [2.05, 4.69) is 0 Å². The van der Waals surface area contributed by atoms with Gasteiger partial charge in [-0.2, -0.15) is 10.1 Å². The van der Waals surface area contributed by atoms with E-state index in [0.29, 0.717) is 0 Å². The molecule has 2 aliphatic heterocycles. The van der Waals surface area contributed by atoms with Gasteiger partial charge in [0.1, 0.15) is 0 Å². The van der Waals surface area contributed by atoms with E-state index in [0.717, 1.165) is 25.7 Å². The van der Waals surface area contributed by atoms with Crippen molar-refractivity contribution in [3.63, 3.8) is 0 Å². The van der Waals surface area contributed by atoms with Crippen LogP contribution >= 0.6 is 19.1 Å². The van der Waals surface area contributed by atoms with E-state index in [1.807, 2.05) is 55.4 Å². The van der Waals surface area contributed by atoms with Gasteiger partial charge < -0.3 is 21.9 Å². The number of rotatable bonds is 0. The Hall–Kier alpha value is 1.00. The summed E-state index contributed by atoms with van der Waals surface area (Å²) in [4.78, 5) is 0. The molecule has 0 aromatic rings. The van der Waals surface area contributed by atoms with E-state index in [9.17, 15) is 10.4 Å². The van der Waals surface area contributed by atoms with Gasteiger partial charge in [-0.3, -0.25) is 0 Å². The second-order valence-electron chi connectivity index (χ2n) is 10.1. The second kappa shape index (κ2) is 10.3. The zero-order valence-corrected chi connectivity index (χ0v) is 20.9. The molecule has 27 heavy (non-hydrogen) atoms. The minimum absolute atomic E-state index is 0.0431. The molecule has 6 nitrogen and oxygen atoms in total. The number of hydrogen-bond donors (Lipinski definition) is 2. The van der Waals surface area contributed by atoms with Gasteiger partial charge in [0.05, 0.1) is 0 Å². The van der Waals surface area contributed by atoms with Crippen molar-refractivity contribution in [3.05, 3.63) is 11.5 Å². The topological polar surface area (TPSA) is 94.5 Å². The van der Waals surface area contributed by atoms with Crippen LogP contribution in [-0.2, 0) is 15.9 Å². The van der Waals surface area contributed by atoms with Crippen LogP contribution in [0.3, 0.4) is 0 Å². The summed E-state index contributed by atoms with van der Waals surface area (Å²) in [5.74, 6) is 0. The second-order valence-corrected chi connectivity index (χ2v) is 12.5. The van der Waals surface area contributed by atoms with Crippen molar-refractivity contribution >= 4 is 19.1 Å². The van der Waals surface area contributed by atoms with Crippen molar-refractivity contribution < 1.29 is 26.4 Å². The Balaban J connectivity index is 0.000000438. The predicted molar refractivity (Wildman–Crippen MR) is 110 cm³/mol. The predicted octanol–water partition coefficient (Wildman–Crippen LogP) is 6.28. The van der Waals surface area contributed by atoms with Crippen molar-refractivity contribution in [2.45, 2.75) is 115 Å². The molecule has 0 bridgehead atoms. The summed E-state index contributed by atoms with van der Waals surface area (Å²) in [5.41, 5.74) is 14.4. The maximum atomic E-state index is 9.83. The zero-order chi connectivity index (χ0) is 21.8. The Morgan fingerprint density at radius 1 is 0.667 bits per heavy atom. The Kier molecular flexibility index (Phi) is 10.7. The quantitative estimate of drug-likeness (QED) is 0.368. The summed E-state index contributed by atoms with van der Waals surface area (Å²) in [7, 11) is 9.63. The molecule has 0 saturated carbocycles. The molecule has 0 spiro atoms.